The number of amides is 2. The van der Waals surface area contributed by atoms with Crippen molar-refractivity contribution in [3.8, 4) is 5.75 Å². The van der Waals surface area contributed by atoms with Crippen molar-refractivity contribution in [1.29, 1.82) is 0 Å². The van der Waals surface area contributed by atoms with Crippen LogP contribution in [0.4, 0.5) is 11.4 Å². The van der Waals surface area contributed by atoms with Crippen LogP contribution in [-0.4, -0.2) is 24.0 Å². The van der Waals surface area contributed by atoms with E-state index in [9.17, 15) is 9.59 Å². The normalized spacial score (nSPS) is 15.2. The average Bonchev–Trinajstić information content (AvgIpc) is 2.56. The number of nitrogens with one attached hydrogen (secondary N) is 1. The van der Waals surface area contributed by atoms with Crippen LogP contribution in [0.1, 0.15) is 31.4 Å². The van der Waals surface area contributed by atoms with Crippen molar-refractivity contribution in [2.45, 2.75) is 39.7 Å². The van der Waals surface area contributed by atoms with Crippen LogP contribution in [0.25, 0.3) is 0 Å². The van der Waals surface area contributed by atoms with Gasteiger partial charge in [0.05, 0.1) is 5.69 Å². The maximum atomic E-state index is 12.8. The van der Waals surface area contributed by atoms with Gasteiger partial charge in [-0.2, -0.15) is 0 Å². The molecule has 2 aromatic rings. The number of anilines is 2. The van der Waals surface area contributed by atoms with Crippen molar-refractivity contribution in [3.05, 3.63) is 53.6 Å². The lowest BCUT2D eigenvalue weighted by atomic mass is 10.0. The molecule has 0 radical (unpaired) electrons. The molecule has 0 saturated carbocycles. The van der Waals surface area contributed by atoms with E-state index in [1.807, 2.05) is 56.3 Å². The molecule has 26 heavy (non-hydrogen) atoms. The summed E-state index contributed by atoms with van der Waals surface area (Å²) in [7, 11) is 0. The van der Waals surface area contributed by atoms with E-state index >= 15 is 0 Å². The van der Waals surface area contributed by atoms with E-state index in [1.165, 1.54) is 0 Å². The van der Waals surface area contributed by atoms with Gasteiger partial charge in [-0.25, -0.2) is 0 Å². The van der Waals surface area contributed by atoms with Gasteiger partial charge in [-0.15, -0.1) is 0 Å². The summed E-state index contributed by atoms with van der Waals surface area (Å²) >= 11 is 0. The van der Waals surface area contributed by atoms with Crippen LogP contribution >= 0.6 is 0 Å². The Balaban J connectivity index is 1.75. The molecule has 2 aromatic carbocycles. The fourth-order valence-corrected chi connectivity index (χ4v) is 3.06. The Morgan fingerprint density at radius 3 is 2.58 bits per heavy atom. The molecule has 0 unspecified atom stereocenters. The van der Waals surface area contributed by atoms with Gasteiger partial charge in [0, 0.05) is 18.7 Å². The molecule has 3 rings (SSSR count). The largest absolute Gasteiger partial charge is 0.476 e. The molecule has 0 saturated heterocycles. The van der Waals surface area contributed by atoms with Crippen molar-refractivity contribution in [3.63, 3.8) is 0 Å². The third-order valence-electron chi connectivity index (χ3n) is 4.39. The van der Waals surface area contributed by atoms with Crippen LogP contribution in [0, 0.1) is 13.8 Å². The molecule has 0 aliphatic carbocycles. The van der Waals surface area contributed by atoms with Gasteiger partial charge in [0.1, 0.15) is 5.75 Å². The standard InChI is InChI=1S/C21H24N2O3/c1-14-6-5-7-16(12-14)22-19(24)10-11-23-17-13-15(2)8-9-18(17)26-21(3,4)20(23)25/h5-9,12-13H,10-11H2,1-4H3,(H,22,24). The molecular formula is C21H24N2O3. The van der Waals surface area contributed by atoms with E-state index in [-0.39, 0.29) is 18.2 Å². The molecule has 0 aromatic heterocycles. The van der Waals surface area contributed by atoms with Gasteiger partial charge in [-0.1, -0.05) is 18.2 Å². The highest BCUT2D eigenvalue weighted by molar-refractivity contribution is 6.03. The summed E-state index contributed by atoms with van der Waals surface area (Å²) in [6.45, 7) is 7.74. The number of carbonyl (C=O) groups is 2. The Hall–Kier alpha value is -2.82. The Labute approximate surface area is 154 Å². The van der Waals surface area contributed by atoms with E-state index in [1.54, 1.807) is 18.7 Å². The Morgan fingerprint density at radius 1 is 1.12 bits per heavy atom. The molecule has 136 valence electrons. The second-order valence-corrected chi connectivity index (χ2v) is 7.21. The third kappa shape index (κ3) is 3.72. The van der Waals surface area contributed by atoms with Crippen LogP contribution < -0.4 is 15.0 Å². The number of ether oxygens (including phenoxy) is 1. The molecule has 0 fully saturated rings. The highest BCUT2D eigenvalue weighted by Gasteiger charge is 2.40. The van der Waals surface area contributed by atoms with Crippen molar-refractivity contribution in [2.24, 2.45) is 0 Å². The van der Waals surface area contributed by atoms with Crippen molar-refractivity contribution in [2.75, 3.05) is 16.8 Å². The number of carbonyl (C=O) groups excluding carboxylic acids is 2. The van der Waals surface area contributed by atoms with Crippen LogP contribution in [0.2, 0.25) is 0 Å². The summed E-state index contributed by atoms with van der Waals surface area (Å²) in [6, 6.07) is 13.4. The van der Waals surface area contributed by atoms with Crippen LogP contribution in [0.3, 0.4) is 0 Å². The zero-order valence-corrected chi connectivity index (χ0v) is 15.6. The smallest absolute Gasteiger partial charge is 0.270 e. The molecule has 1 aliphatic heterocycles. The first-order valence-electron chi connectivity index (χ1n) is 8.74. The van der Waals surface area contributed by atoms with Crippen molar-refractivity contribution < 1.29 is 14.3 Å². The summed E-state index contributed by atoms with van der Waals surface area (Å²) in [5, 5.41) is 2.89. The van der Waals surface area contributed by atoms with Gasteiger partial charge in [0.2, 0.25) is 5.91 Å². The summed E-state index contributed by atoms with van der Waals surface area (Å²) < 4.78 is 5.84. The minimum absolute atomic E-state index is 0.123. The summed E-state index contributed by atoms with van der Waals surface area (Å²) in [5.74, 6) is 0.403. The molecule has 0 atom stereocenters. The zero-order chi connectivity index (χ0) is 18.9. The summed E-state index contributed by atoms with van der Waals surface area (Å²) in [5.41, 5.74) is 2.65. The fraction of sp³-hybridized carbons (Fsp3) is 0.333. The van der Waals surface area contributed by atoms with Crippen molar-refractivity contribution in [1.82, 2.24) is 0 Å². The van der Waals surface area contributed by atoms with Gasteiger partial charge in [-0.05, 0) is 63.1 Å². The number of benzene rings is 2. The van der Waals surface area contributed by atoms with Gasteiger partial charge < -0.3 is 15.0 Å². The minimum atomic E-state index is -0.949. The molecule has 1 aliphatic rings. The van der Waals surface area contributed by atoms with E-state index in [0.717, 1.165) is 22.5 Å². The first-order chi connectivity index (χ1) is 12.3. The van der Waals surface area contributed by atoms with Crippen molar-refractivity contribution >= 4 is 23.2 Å². The predicted molar refractivity (Wildman–Crippen MR) is 103 cm³/mol. The van der Waals surface area contributed by atoms with Gasteiger partial charge >= 0.3 is 0 Å². The van der Waals surface area contributed by atoms with E-state index in [4.69, 9.17) is 4.74 Å². The minimum Gasteiger partial charge on any atom is -0.476 e. The molecule has 5 nitrogen and oxygen atoms in total. The number of rotatable bonds is 4. The van der Waals surface area contributed by atoms with Crippen LogP contribution in [0.5, 0.6) is 5.75 Å². The first kappa shape index (κ1) is 18.0. The number of hydrogen-bond donors (Lipinski definition) is 1. The number of aryl methyl sites for hydroxylation is 2. The topological polar surface area (TPSA) is 58.6 Å². The van der Waals surface area contributed by atoms with E-state index < -0.39 is 5.60 Å². The second-order valence-electron chi connectivity index (χ2n) is 7.21. The first-order valence-corrected chi connectivity index (χ1v) is 8.74. The quantitative estimate of drug-likeness (QED) is 0.910. The van der Waals surface area contributed by atoms with Gasteiger partial charge in [0.25, 0.3) is 5.91 Å². The SMILES string of the molecule is Cc1cccc(NC(=O)CCN2C(=O)C(C)(C)Oc3ccc(C)cc32)c1. The number of nitrogens with zero attached hydrogens (tertiary/aromatic N) is 1. The van der Waals surface area contributed by atoms with Crippen LogP contribution in [0.15, 0.2) is 42.5 Å². The fourth-order valence-electron chi connectivity index (χ4n) is 3.06. The molecule has 0 spiro atoms. The van der Waals surface area contributed by atoms with Gasteiger partial charge in [0.15, 0.2) is 5.60 Å². The second kappa shape index (κ2) is 6.83. The Kier molecular flexibility index (Phi) is 4.72. The molecular weight excluding hydrogens is 328 g/mol. The number of fused-ring (bicyclic) bond motifs is 1. The summed E-state index contributed by atoms with van der Waals surface area (Å²) in [4.78, 5) is 26.8. The van der Waals surface area contributed by atoms with Crippen LogP contribution in [-0.2, 0) is 9.59 Å². The van der Waals surface area contributed by atoms with E-state index in [0.29, 0.717) is 12.3 Å². The highest BCUT2D eigenvalue weighted by atomic mass is 16.5. The third-order valence-corrected chi connectivity index (χ3v) is 4.39. The summed E-state index contributed by atoms with van der Waals surface area (Å²) in [6.07, 6.45) is 0.211. The maximum absolute atomic E-state index is 12.8. The molecule has 0 bridgehead atoms. The molecule has 1 N–H and O–H groups in total. The number of hydrogen-bond acceptors (Lipinski definition) is 3. The molecule has 1 heterocycles. The predicted octanol–water partition coefficient (Wildman–Crippen LogP) is 3.84. The molecule has 5 heteroatoms. The lowest BCUT2D eigenvalue weighted by Crippen LogP contribution is -2.53. The maximum Gasteiger partial charge on any atom is 0.270 e. The molecule has 2 amide bonds. The van der Waals surface area contributed by atoms with E-state index in [2.05, 4.69) is 5.32 Å². The average molecular weight is 352 g/mol. The lowest BCUT2D eigenvalue weighted by Gasteiger charge is -2.38. The highest BCUT2D eigenvalue weighted by Crippen LogP contribution is 2.38. The zero-order valence-electron chi connectivity index (χ0n) is 15.6. The van der Waals surface area contributed by atoms with Gasteiger partial charge in [-0.3, -0.25) is 9.59 Å². The Morgan fingerprint density at radius 2 is 1.85 bits per heavy atom. The Bertz CT molecular complexity index is 858. The monoisotopic (exact) mass is 352 g/mol. The lowest BCUT2D eigenvalue weighted by molar-refractivity contribution is -0.132.